The molecule has 2 rings (SSSR count). The third-order valence-electron chi connectivity index (χ3n) is 2.80. The van der Waals surface area contributed by atoms with Gasteiger partial charge >= 0.3 is 0 Å². The molecule has 0 aromatic carbocycles. The predicted octanol–water partition coefficient (Wildman–Crippen LogP) is 1.31. The van der Waals surface area contributed by atoms with E-state index in [1.54, 1.807) is 0 Å². The molecule has 1 unspecified atom stereocenters. The molecular weight excluding hydrogens is 178 g/mol. The largest absolute Gasteiger partial charge is 0.340 e. The van der Waals surface area contributed by atoms with Crippen molar-refractivity contribution in [3.05, 3.63) is 11.7 Å². The highest BCUT2D eigenvalue weighted by atomic mass is 16.5. The van der Waals surface area contributed by atoms with Crippen LogP contribution in [-0.4, -0.2) is 22.7 Å². The first-order chi connectivity index (χ1) is 6.74. The van der Waals surface area contributed by atoms with Crippen molar-refractivity contribution in [3.8, 4) is 0 Å². The second kappa shape index (κ2) is 4.09. The molecule has 0 saturated carbocycles. The fourth-order valence-corrected chi connectivity index (χ4v) is 1.91. The lowest BCUT2D eigenvalue weighted by atomic mass is 9.92. The van der Waals surface area contributed by atoms with Gasteiger partial charge in [0.15, 0.2) is 5.82 Å². The molecule has 1 aromatic heterocycles. The first-order valence-corrected chi connectivity index (χ1v) is 5.26. The summed E-state index contributed by atoms with van der Waals surface area (Å²) in [6.07, 6.45) is 3.46. The summed E-state index contributed by atoms with van der Waals surface area (Å²) in [7, 11) is 0. The molecule has 0 radical (unpaired) electrons. The van der Waals surface area contributed by atoms with Crippen LogP contribution < -0.4 is 5.32 Å². The van der Waals surface area contributed by atoms with Gasteiger partial charge in [-0.1, -0.05) is 5.16 Å². The molecule has 1 saturated heterocycles. The Kier molecular flexibility index (Phi) is 2.82. The van der Waals surface area contributed by atoms with Crippen molar-refractivity contribution in [1.82, 2.24) is 15.5 Å². The zero-order valence-corrected chi connectivity index (χ0v) is 8.79. The highest BCUT2D eigenvalue weighted by Crippen LogP contribution is 2.17. The third kappa shape index (κ3) is 2.32. The Labute approximate surface area is 84.1 Å². The Morgan fingerprint density at radius 1 is 1.50 bits per heavy atom. The number of rotatable bonds is 2. The molecule has 1 aromatic rings. The smallest absolute Gasteiger partial charge is 0.223 e. The summed E-state index contributed by atoms with van der Waals surface area (Å²) in [5.41, 5.74) is 0. The van der Waals surface area contributed by atoms with Crippen LogP contribution in [0.1, 0.15) is 31.5 Å². The molecule has 1 fully saturated rings. The molecule has 4 heteroatoms. The van der Waals surface area contributed by atoms with Crippen LogP contribution in [0.2, 0.25) is 0 Å². The normalized spacial score (nSPS) is 27.9. The molecule has 1 N–H and O–H groups in total. The number of nitrogens with one attached hydrogen (secondary N) is 1. The van der Waals surface area contributed by atoms with Crippen LogP contribution in [-0.2, 0) is 6.42 Å². The maximum Gasteiger partial charge on any atom is 0.223 e. The van der Waals surface area contributed by atoms with Crippen molar-refractivity contribution >= 4 is 0 Å². The van der Waals surface area contributed by atoms with Crippen molar-refractivity contribution < 1.29 is 4.52 Å². The number of hydrogen-bond acceptors (Lipinski definition) is 4. The summed E-state index contributed by atoms with van der Waals surface area (Å²) in [5, 5.41) is 7.39. The topological polar surface area (TPSA) is 51.0 Å². The van der Waals surface area contributed by atoms with E-state index in [0.29, 0.717) is 17.9 Å². The molecule has 0 amide bonds. The van der Waals surface area contributed by atoms with Crippen molar-refractivity contribution in [2.24, 2.45) is 5.92 Å². The molecule has 0 bridgehead atoms. The molecule has 0 aliphatic carbocycles. The molecule has 78 valence electrons. The van der Waals surface area contributed by atoms with Gasteiger partial charge in [0.1, 0.15) is 0 Å². The molecule has 2 heterocycles. The lowest BCUT2D eigenvalue weighted by molar-refractivity contribution is 0.313. The summed E-state index contributed by atoms with van der Waals surface area (Å²) in [4.78, 5) is 4.22. The summed E-state index contributed by atoms with van der Waals surface area (Å²) < 4.78 is 4.95. The highest BCUT2D eigenvalue weighted by Gasteiger charge is 2.19. The Balaban J connectivity index is 1.86. The molecule has 2 atom stereocenters. The highest BCUT2D eigenvalue weighted by molar-refractivity contribution is 4.88. The van der Waals surface area contributed by atoms with Gasteiger partial charge < -0.3 is 9.84 Å². The number of piperidine rings is 1. The molecule has 0 spiro atoms. The number of hydrogen-bond donors (Lipinski definition) is 1. The number of aromatic nitrogens is 2. The number of aryl methyl sites for hydroxylation is 1. The second-order valence-electron chi connectivity index (χ2n) is 4.19. The van der Waals surface area contributed by atoms with Gasteiger partial charge in [0.05, 0.1) is 0 Å². The summed E-state index contributed by atoms with van der Waals surface area (Å²) in [5.74, 6) is 2.18. The van der Waals surface area contributed by atoms with E-state index in [1.165, 1.54) is 12.8 Å². The maximum absolute atomic E-state index is 4.95. The SMILES string of the molecule is Cc1nc(CC2CC[C@H](C)NC2)no1. The van der Waals surface area contributed by atoms with E-state index in [4.69, 9.17) is 4.52 Å². The quantitative estimate of drug-likeness (QED) is 0.773. The van der Waals surface area contributed by atoms with Crippen molar-refractivity contribution in [1.29, 1.82) is 0 Å². The van der Waals surface area contributed by atoms with E-state index in [1.807, 2.05) is 6.92 Å². The Bertz CT molecular complexity index is 289. The fourth-order valence-electron chi connectivity index (χ4n) is 1.91. The van der Waals surface area contributed by atoms with Gasteiger partial charge in [-0.3, -0.25) is 0 Å². The van der Waals surface area contributed by atoms with E-state index in [2.05, 4.69) is 22.4 Å². The van der Waals surface area contributed by atoms with E-state index in [-0.39, 0.29) is 0 Å². The van der Waals surface area contributed by atoms with Gasteiger partial charge in [0, 0.05) is 19.4 Å². The zero-order valence-electron chi connectivity index (χ0n) is 8.79. The van der Waals surface area contributed by atoms with E-state index >= 15 is 0 Å². The summed E-state index contributed by atoms with van der Waals surface area (Å²) in [6, 6.07) is 0.665. The first kappa shape index (κ1) is 9.65. The van der Waals surface area contributed by atoms with Gasteiger partial charge in [-0.25, -0.2) is 0 Å². The van der Waals surface area contributed by atoms with Gasteiger partial charge in [-0.05, 0) is 32.2 Å². The first-order valence-electron chi connectivity index (χ1n) is 5.26. The van der Waals surface area contributed by atoms with Crippen molar-refractivity contribution in [2.75, 3.05) is 6.54 Å². The lowest BCUT2D eigenvalue weighted by Gasteiger charge is -2.26. The van der Waals surface area contributed by atoms with E-state index in [0.717, 1.165) is 18.8 Å². The zero-order chi connectivity index (χ0) is 9.97. The fraction of sp³-hybridized carbons (Fsp3) is 0.800. The predicted molar refractivity (Wildman–Crippen MR) is 52.9 cm³/mol. The van der Waals surface area contributed by atoms with Gasteiger partial charge in [-0.15, -0.1) is 0 Å². The monoisotopic (exact) mass is 195 g/mol. The minimum absolute atomic E-state index is 0.664. The summed E-state index contributed by atoms with van der Waals surface area (Å²) >= 11 is 0. The standard InChI is InChI=1S/C10H17N3O/c1-7-3-4-9(6-11-7)5-10-12-8(2)14-13-10/h7,9,11H,3-6H2,1-2H3/t7-,9?/m0/s1. The second-order valence-corrected chi connectivity index (χ2v) is 4.19. The average Bonchev–Trinajstić information content (AvgIpc) is 2.56. The third-order valence-corrected chi connectivity index (χ3v) is 2.80. The van der Waals surface area contributed by atoms with Crippen molar-refractivity contribution in [2.45, 2.75) is 39.2 Å². The van der Waals surface area contributed by atoms with Crippen LogP contribution in [0.5, 0.6) is 0 Å². The van der Waals surface area contributed by atoms with Gasteiger partial charge in [0.25, 0.3) is 0 Å². The van der Waals surface area contributed by atoms with Crippen LogP contribution in [0.25, 0.3) is 0 Å². The van der Waals surface area contributed by atoms with Crippen LogP contribution in [0.4, 0.5) is 0 Å². The molecular formula is C10H17N3O. The molecule has 14 heavy (non-hydrogen) atoms. The Morgan fingerprint density at radius 2 is 2.36 bits per heavy atom. The van der Waals surface area contributed by atoms with Crippen LogP contribution in [0.15, 0.2) is 4.52 Å². The lowest BCUT2D eigenvalue weighted by Crippen LogP contribution is -2.37. The molecule has 1 aliphatic rings. The van der Waals surface area contributed by atoms with Crippen molar-refractivity contribution in [3.63, 3.8) is 0 Å². The molecule has 4 nitrogen and oxygen atoms in total. The Hall–Kier alpha value is -0.900. The number of nitrogens with zero attached hydrogens (tertiary/aromatic N) is 2. The maximum atomic E-state index is 4.95. The molecule has 1 aliphatic heterocycles. The average molecular weight is 195 g/mol. The van der Waals surface area contributed by atoms with Crippen LogP contribution >= 0.6 is 0 Å². The van der Waals surface area contributed by atoms with Gasteiger partial charge in [0.2, 0.25) is 5.89 Å². The van der Waals surface area contributed by atoms with Gasteiger partial charge in [-0.2, -0.15) is 4.98 Å². The minimum atomic E-state index is 0.664. The Morgan fingerprint density at radius 3 is 2.93 bits per heavy atom. The summed E-state index contributed by atoms with van der Waals surface area (Å²) in [6.45, 7) is 5.14. The van der Waals surface area contributed by atoms with Crippen LogP contribution in [0, 0.1) is 12.8 Å². The van der Waals surface area contributed by atoms with E-state index in [9.17, 15) is 0 Å². The minimum Gasteiger partial charge on any atom is -0.340 e. The van der Waals surface area contributed by atoms with Crippen LogP contribution in [0.3, 0.4) is 0 Å². The van der Waals surface area contributed by atoms with E-state index < -0.39 is 0 Å².